The van der Waals surface area contributed by atoms with Crippen molar-refractivity contribution in [2.45, 2.75) is 20.0 Å². The van der Waals surface area contributed by atoms with Gasteiger partial charge in [0.2, 0.25) is 0 Å². The van der Waals surface area contributed by atoms with Crippen LogP contribution in [-0.4, -0.2) is 25.3 Å². The third-order valence-electron chi connectivity index (χ3n) is 4.43. The molecule has 1 amide bonds. The SMILES string of the molecule is Cc1ccc(CN(Cc2ccccn2)C(=O)c2ccc(-n3ccnc3)cc2)s1. The summed E-state index contributed by atoms with van der Waals surface area (Å²) in [5.74, 6) is -0.00566. The molecule has 140 valence electrons. The van der Waals surface area contributed by atoms with Crippen LogP contribution in [0.2, 0.25) is 0 Å². The van der Waals surface area contributed by atoms with E-state index in [2.05, 4.69) is 29.0 Å². The lowest BCUT2D eigenvalue weighted by Crippen LogP contribution is -2.30. The van der Waals surface area contributed by atoms with Gasteiger partial charge in [-0.2, -0.15) is 0 Å². The number of amides is 1. The van der Waals surface area contributed by atoms with Crippen LogP contribution in [0.5, 0.6) is 0 Å². The molecule has 3 heterocycles. The second-order valence-corrected chi connectivity index (χ2v) is 7.88. The van der Waals surface area contributed by atoms with Crippen molar-refractivity contribution in [1.82, 2.24) is 19.4 Å². The normalized spacial score (nSPS) is 10.8. The van der Waals surface area contributed by atoms with Crippen LogP contribution in [0.25, 0.3) is 5.69 Å². The summed E-state index contributed by atoms with van der Waals surface area (Å²) in [6, 6.07) is 17.5. The first-order valence-corrected chi connectivity index (χ1v) is 9.83. The van der Waals surface area contributed by atoms with Gasteiger partial charge in [0.1, 0.15) is 0 Å². The van der Waals surface area contributed by atoms with Crippen molar-refractivity contribution >= 4 is 17.2 Å². The molecule has 0 aliphatic heterocycles. The van der Waals surface area contributed by atoms with Crippen LogP contribution in [0.4, 0.5) is 0 Å². The number of hydrogen-bond acceptors (Lipinski definition) is 4. The van der Waals surface area contributed by atoms with Crippen molar-refractivity contribution in [1.29, 1.82) is 0 Å². The standard InChI is InChI=1S/C22H20N4OS/c1-17-5-10-21(28-17)15-26(14-19-4-2-3-11-24-19)22(27)18-6-8-20(9-7-18)25-13-12-23-16-25/h2-13,16H,14-15H2,1H3. The van der Waals surface area contributed by atoms with Gasteiger partial charge in [-0.1, -0.05) is 6.07 Å². The number of carbonyl (C=O) groups is 1. The summed E-state index contributed by atoms with van der Waals surface area (Å²) in [5.41, 5.74) is 2.51. The zero-order chi connectivity index (χ0) is 19.3. The molecular weight excluding hydrogens is 368 g/mol. The van der Waals surface area contributed by atoms with Gasteiger partial charge in [-0.25, -0.2) is 4.98 Å². The maximum absolute atomic E-state index is 13.2. The van der Waals surface area contributed by atoms with E-state index in [0.717, 1.165) is 16.3 Å². The zero-order valence-electron chi connectivity index (χ0n) is 15.5. The molecular formula is C22H20N4OS. The van der Waals surface area contributed by atoms with Crippen LogP contribution in [0, 0.1) is 6.92 Å². The Bertz CT molecular complexity index is 1040. The fraction of sp³-hybridized carbons (Fsp3) is 0.136. The highest BCUT2D eigenvalue weighted by molar-refractivity contribution is 7.11. The Morgan fingerprint density at radius 2 is 1.89 bits per heavy atom. The third kappa shape index (κ3) is 4.18. The predicted molar refractivity (Wildman–Crippen MR) is 110 cm³/mol. The Kier molecular flexibility index (Phi) is 5.30. The quantitative estimate of drug-likeness (QED) is 0.489. The zero-order valence-corrected chi connectivity index (χ0v) is 16.3. The number of benzene rings is 1. The lowest BCUT2D eigenvalue weighted by atomic mass is 10.1. The number of aryl methyl sites for hydroxylation is 1. The molecule has 1 aromatic carbocycles. The first-order valence-electron chi connectivity index (χ1n) is 9.02. The summed E-state index contributed by atoms with van der Waals surface area (Å²) in [7, 11) is 0. The molecule has 0 unspecified atom stereocenters. The first-order chi connectivity index (χ1) is 13.7. The number of nitrogens with zero attached hydrogens (tertiary/aromatic N) is 4. The fourth-order valence-electron chi connectivity index (χ4n) is 3.02. The molecule has 4 aromatic rings. The highest BCUT2D eigenvalue weighted by Crippen LogP contribution is 2.20. The maximum atomic E-state index is 13.2. The van der Waals surface area contributed by atoms with Crippen LogP contribution < -0.4 is 0 Å². The molecule has 0 radical (unpaired) electrons. The number of hydrogen-bond donors (Lipinski definition) is 0. The van der Waals surface area contributed by atoms with Crippen molar-refractivity contribution in [3.8, 4) is 5.69 Å². The van der Waals surface area contributed by atoms with Gasteiger partial charge in [-0.15, -0.1) is 11.3 Å². The molecule has 0 saturated carbocycles. The van der Waals surface area contributed by atoms with E-state index >= 15 is 0 Å². The Hall–Kier alpha value is -3.25. The Morgan fingerprint density at radius 1 is 1.04 bits per heavy atom. The minimum Gasteiger partial charge on any atom is -0.328 e. The highest BCUT2D eigenvalue weighted by Gasteiger charge is 2.18. The van der Waals surface area contributed by atoms with Crippen molar-refractivity contribution in [2.24, 2.45) is 0 Å². The average Bonchev–Trinajstić information content (AvgIpc) is 3.40. The average molecular weight is 388 g/mol. The van der Waals surface area contributed by atoms with E-state index in [9.17, 15) is 4.79 Å². The summed E-state index contributed by atoms with van der Waals surface area (Å²) in [6.07, 6.45) is 7.11. The lowest BCUT2D eigenvalue weighted by Gasteiger charge is -2.22. The molecule has 28 heavy (non-hydrogen) atoms. The van der Waals surface area contributed by atoms with E-state index in [1.165, 1.54) is 4.88 Å². The number of thiophene rings is 1. The van der Waals surface area contributed by atoms with Crippen LogP contribution in [0.15, 0.2) is 79.5 Å². The van der Waals surface area contributed by atoms with Gasteiger partial charge in [-0.3, -0.25) is 9.78 Å². The van der Waals surface area contributed by atoms with E-state index < -0.39 is 0 Å². The second-order valence-electron chi connectivity index (χ2n) is 6.51. The number of rotatable bonds is 6. The van der Waals surface area contributed by atoms with Gasteiger partial charge in [0.15, 0.2) is 0 Å². The van der Waals surface area contributed by atoms with E-state index in [-0.39, 0.29) is 5.91 Å². The van der Waals surface area contributed by atoms with E-state index in [4.69, 9.17) is 0 Å². The van der Waals surface area contributed by atoms with Crippen molar-refractivity contribution in [2.75, 3.05) is 0 Å². The van der Waals surface area contributed by atoms with Crippen LogP contribution in [0.1, 0.15) is 25.8 Å². The first kappa shape index (κ1) is 18.1. The molecule has 0 bridgehead atoms. The van der Waals surface area contributed by atoms with Crippen LogP contribution in [-0.2, 0) is 13.1 Å². The van der Waals surface area contributed by atoms with Gasteiger partial charge in [0.05, 0.1) is 25.1 Å². The molecule has 0 aliphatic rings. The van der Waals surface area contributed by atoms with E-state index in [0.29, 0.717) is 18.7 Å². The molecule has 6 heteroatoms. The molecule has 0 atom stereocenters. The van der Waals surface area contributed by atoms with Gasteiger partial charge < -0.3 is 9.47 Å². The van der Waals surface area contributed by atoms with Crippen LogP contribution >= 0.6 is 11.3 Å². The van der Waals surface area contributed by atoms with Gasteiger partial charge in [0.25, 0.3) is 5.91 Å². The molecule has 4 rings (SSSR count). The smallest absolute Gasteiger partial charge is 0.254 e. The maximum Gasteiger partial charge on any atom is 0.254 e. The van der Waals surface area contributed by atoms with Crippen molar-refractivity contribution < 1.29 is 4.79 Å². The number of imidazole rings is 1. The second kappa shape index (κ2) is 8.19. The lowest BCUT2D eigenvalue weighted by molar-refractivity contribution is 0.0729. The van der Waals surface area contributed by atoms with Crippen molar-refractivity contribution in [3.63, 3.8) is 0 Å². The molecule has 0 fully saturated rings. The monoisotopic (exact) mass is 388 g/mol. The van der Waals surface area contributed by atoms with Crippen molar-refractivity contribution in [3.05, 3.63) is 101 Å². The van der Waals surface area contributed by atoms with E-state index in [1.54, 1.807) is 30.1 Å². The molecule has 0 spiro atoms. The largest absolute Gasteiger partial charge is 0.328 e. The summed E-state index contributed by atoms with van der Waals surface area (Å²) in [5, 5.41) is 0. The fourth-order valence-corrected chi connectivity index (χ4v) is 3.92. The number of aromatic nitrogens is 3. The topological polar surface area (TPSA) is 51.0 Å². The Morgan fingerprint density at radius 3 is 2.54 bits per heavy atom. The van der Waals surface area contributed by atoms with Gasteiger partial charge >= 0.3 is 0 Å². The third-order valence-corrected chi connectivity index (χ3v) is 5.41. The molecule has 0 saturated heterocycles. The molecule has 3 aromatic heterocycles. The molecule has 5 nitrogen and oxygen atoms in total. The number of carbonyl (C=O) groups excluding carboxylic acids is 1. The van der Waals surface area contributed by atoms with Gasteiger partial charge in [0, 0.05) is 39.6 Å². The summed E-state index contributed by atoms with van der Waals surface area (Å²) >= 11 is 1.72. The minimum absolute atomic E-state index is 0.00566. The summed E-state index contributed by atoms with van der Waals surface area (Å²) in [6.45, 7) is 3.12. The van der Waals surface area contributed by atoms with E-state index in [1.807, 2.05) is 58.1 Å². The predicted octanol–water partition coefficient (Wildman–Crippen LogP) is 4.48. The number of pyridine rings is 1. The van der Waals surface area contributed by atoms with Gasteiger partial charge in [-0.05, 0) is 55.5 Å². The Balaban J connectivity index is 1.58. The molecule has 0 N–H and O–H groups in total. The minimum atomic E-state index is -0.00566. The Labute approximate surface area is 167 Å². The summed E-state index contributed by atoms with van der Waals surface area (Å²) < 4.78 is 1.91. The highest BCUT2D eigenvalue weighted by atomic mass is 32.1. The molecule has 0 aliphatic carbocycles. The van der Waals surface area contributed by atoms with Crippen LogP contribution in [0.3, 0.4) is 0 Å². The summed E-state index contributed by atoms with van der Waals surface area (Å²) in [4.78, 5) is 25.9.